The quantitative estimate of drug-likeness (QED) is 0.415. The molecule has 6 heteroatoms. The average molecular weight is 412 g/mol. The lowest BCUT2D eigenvalue weighted by molar-refractivity contribution is -0.143. The SMILES string of the molecule is CCOC(=O)CCc1ccc(OCc2cccc(Oc3ccc(F)cc3)c2)c(F)c1. The number of benzene rings is 3. The van der Waals surface area contributed by atoms with Gasteiger partial charge >= 0.3 is 5.97 Å². The standard InChI is InChI=1S/C24H22F2O4/c1-2-28-24(27)13-7-17-6-12-23(22(26)15-17)29-16-18-4-3-5-21(14-18)30-20-10-8-19(25)9-11-20/h3-6,8-12,14-15H,2,7,13,16H2,1H3. The van der Waals surface area contributed by atoms with Gasteiger partial charge in [0.2, 0.25) is 0 Å². The van der Waals surface area contributed by atoms with Crippen molar-refractivity contribution >= 4 is 5.97 Å². The number of carbonyl (C=O) groups is 1. The van der Waals surface area contributed by atoms with E-state index < -0.39 is 5.82 Å². The van der Waals surface area contributed by atoms with Gasteiger partial charge in [-0.15, -0.1) is 0 Å². The first-order valence-electron chi connectivity index (χ1n) is 9.62. The van der Waals surface area contributed by atoms with E-state index in [9.17, 15) is 13.6 Å². The molecule has 0 amide bonds. The Hall–Kier alpha value is -3.41. The summed E-state index contributed by atoms with van der Waals surface area (Å²) in [5.41, 5.74) is 1.49. The molecule has 0 aromatic heterocycles. The molecule has 0 spiro atoms. The number of carbonyl (C=O) groups excluding carboxylic acids is 1. The molecule has 30 heavy (non-hydrogen) atoms. The van der Waals surface area contributed by atoms with E-state index in [1.807, 2.05) is 6.07 Å². The molecule has 0 aliphatic rings. The van der Waals surface area contributed by atoms with Crippen LogP contribution in [0.3, 0.4) is 0 Å². The molecule has 0 N–H and O–H groups in total. The van der Waals surface area contributed by atoms with Crippen LogP contribution in [-0.4, -0.2) is 12.6 Å². The molecule has 0 radical (unpaired) electrons. The molecule has 0 heterocycles. The molecule has 3 aromatic rings. The molecule has 0 fully saturated rings. The van der Waals surface area contributed by atoms with E-state index in [0.29, 0.717) is 30.1 Å². The molecule has 4 nitrogen and oxygen atoms in total. The van der Waals surface area contributed by atoms with Crippen molar-refractivity contribution in [1.29, 1.82) is 0 Å². The predicted octanol–water partition coefficient (Wildman–Crippen LogP) is 5.83. The molecule has 3 aromatic carbocycles. The van der Waals surface area contributed by atoms with Gasteiger partial charge in [-0.05, 0) is 73.0 Å². The normalized spacial score (nSPS) is 10.5. The summed E-state index contributed by atoms with van der Waals surface area (Å²) in [6, 6.07) is 17.5. The highest BCUT2D eigenvalue weighted by Crippen LogP contribution is 2.24. The van der Waals surface area contributed by atoms with E-state index in [0.717, 1.165) is 5.56 Å². The summed E-state index contributed by atoms with van der Waals surface area (Å²) >= 11 is 0. The van der Waals surface area contributed by atoms with Gasteiger partial charge in [-0.25, -0.2) is 8.78 Å². The number of rotatable bonds is 9. The van der Waals surface area contributed by atoms with Crippen molar-refractivity contribution < 1.29 is 27.8 Å². The predicted molar refractivity (Wildman–Crippen MR) is 109 cm³/mol. The number of aryl methyl sites for hydroxylation is 1. The second kappa shape index (κ2) is 10.4. The molecule has 0 saturated heterocycles. The van der Waals surface area contributed by atoms with Gasteiger partial charge in [-0.2, -0.15) is 0 Å². The first-order chi connectivity index (χ1) is 14.5. The maximum Gasteiger partial charge on any atom is 0.306 e. The maximum atomic E-state index is 14.3. The lowest BCUT2D eigenvalue weighted by Gasteiger charge is -2.11. The second-order valence-corrected chi connectivity index (χ2v) is 6.56. The number of hydrogen-bond acceptors (Lipinski definition) is 4. The molecule has 156 valence electrons. The van der Waals surface area contributed by atoms with Gasteiger partial charge in [0.25, 0.3) is 0 Å². The Morgan fingerprint density at radius 3 is 2.43 bits per heavy atom. The largest absolute Gasteiger partial charge is 0.486 e. The molecule has 0 aliphatic heterocycles. The van der Waals surface area contributed by atoms with Crippen molar-refractivity contribution in [3.8, 4) is 17.2 Å². The first kappa shape index (κ1) is 21.3. The Bertz CT molecular complexity index is 987. The fourth-order valence-electron chi connectivity index (χ4n) is 2.80. The summed E-state index contributed by atoms with van der Waals surface area (Å²) in [6.07, 6.45) is 0.604. The third kappa shape index (κ3) is 6.30. The Morgan fingerprint density at radius 2 is 1.70 bits per heavy atom. The van der Waals surface area contributed by atoms with E-state index in [1.54, 1.807) is 37.3 Å². The minimum Gasteiger partial charge on any atom is -0.486 e. The zero-order valence-electron chi connectivity index (χ0n) is 16.6. The molecule has 3 rings (SSSR count). The molecular formula is C24H22F2O4. The van der Waals surface area contributed by atoms with Gasteiger partial charge in [-0.3, -0.25) is 4.79 Å². The van der Waals surface area contributed by atoms with Gasteiger partial charge in [0.05, 0.1) is 6.61 Å². The molecule has 0 saturated carbocycles. The Balaban J connectivity index is 1.57. The Morgan fingerprint density at radius 1 is 0.900 bits per heavy atom. The Kier molecular flexibility index (Phi) is 7.38. The number of ether oxygens (including phenoxy) is 3. The van der Waals surface area contributed by atoms with Crippen molar-refractivity contribution in [2.45, 2.75) is 26.4 Å². The molecule has 0 unspecified atom stereocenters. The minimum absolute atomic E-state index is 0.125. The van der Waals surface area contributed by atoms with Crippen LogP contribution >= 0.6 is 0 Å². The van der Waals surface area contributed by atoms with Crippen molar-refractivity contribution in [3.63, 3.8) is 0 Å². The van der Waals surface area contributed by atoms with E-state index in [-0.39, 0.29) is 30.6 Å². The molecule has 0 atom stereocenters. The van der Waals surface area contributed by atoms with E-state index >= 15 is 0 Å². The van der Waals surface area contributed by atoms with Crippen LogP contribution in [0.2, 0.25) is 0 Å². The summed E-state index contributed by atoms with van der Waals surface area (Å²) < 4.78 is 43.5. The third-order valence-corrected chi connectivity index (χ3v) is 4.26. The monoisotopic (exact) mass is 412 g/mol. The number of halogens is 2. The van der Waals surface area contributed by atoms with Crippen LogP contribution in [0.25, 0.3) is 0 Å². The number of hydrogen-bond donors (Lipinski definition) is 0. The zero-order chi connectivity index (χ0) is 21.3. The van der Waals surface area contributed by atoms with Crippen LogP contribution in [-0.2, 0) is 22.6 Å². The molecule has 0 aliphatic carbocycles. The van der Waals surface area contributed by atoms with Crippen LogP contribution in [0.5, 0.6) is 17.2 Å². The number of esters is 1. The third-order valence-electron chi connectivity index (χ3n) is 4.26. The van der Waals surface area contributed by atoms with Crippen molar-refractivity contribution in [2.75, 3.05) is 6.61 Å². The average Bonchev–Trinajstić information content (AvgIpc) is 2.74. The Labute approximate surface area is 174 Å². The van der Waals surface area contributed by atoms with E-state index in [4.69, 9.17) is 14.2 Å². The summed E-state index contributed by atoms with van der Waals surface area (Å²) in [7, 11) is 0. The zero-order valence-corrected chi connectivity index (χ0v) is 16.6. The van der Waals surface area contributed by atoms with Crippen molar-refractivity contribution in [1.82, 2.24) is 0 Å². The van der Waals surface area contributed by atoms with E-state index in [1.165, 1.54) is 30.3 Å². The van der Waals surface area contributed by atoms with Crippen LogP contribution < -0.4 is 9.47 Å². The fourth-order valence-corrected chi connectivity index (χ4v) is 2.80. The highest BCUT2D eigenvalue weighted by atomic mass is 19.1. The molecule has 0 bridgehead atoms. The van der Waals surface area contributed by atoms with E-state index in [2.05, 4.69) is 0 Å². The first-order valence-corrected chi connectivity index (χ1v) is 9.62. The van der Waals surface area contributed by atoms with Gasteiger partial charge in [-0.1, -0.05) is 18.2 Å². The van der Waals surface area contributed by atoms with Gasteiger partial charge < -0.3 is 14.2 Å². The smallest absolute Gasteiger partial charge is 0.306 e. The highest BCUT2D eigenvalue weighted by molar-refractivity contribution is 5.69. The minimum atomic E-state index is -0.491. The molecular weight excluding hydrogens is 390 g/mol. The lowest BCUT2D eigenvalue weighted by Crippen LogP contribution is -2.05. The fraction of sp³-hybridized carbons (Fsp3) is 0.208. The van der Waals surface area contributed by atoms with Gasteiger partial charge in [0.1, 0.15) is 23.9 Å². The second-order valence-electron chi connectivity index (χ2n) is 6.56. The van der Waals surface area contributed by atoms with Gasteiger partial charge in [0, 0.05) is 6.42 Å². The summed E-state index contributed by atoms with van der Waals surface area (Å²) in [5, 5.41) is 0. The van der Waals surface area contributed by atoms with Gasteiger partial charge in [0.15, 0.2) is 11.6 Å². The van der Waals surface area contributed by atoms with Crippen LogP contribution in [0.15, 0.2) is 66.7 Å². The summed E-state index contributed by atoms with van der Waals surface area (Å²) in [4.78, 5) is 11.4. The summed E-state index contributed by atoms with van der Waals surface area (Å²) in [6.45, 7) is 2.23. The lowest BCUT2D eigenvalue weighted by atomic mass is 10.1. The van der Waals surface area contributed by atoms with Crippen LogP contribution in [0, 0.1) is 11.6 Å². The topological polar surface area (TPSA) is 44.8 Å². The summed E-state index contributed by atoms with van der Waals surface area (Å²) in [5.74, 6) is 0.0747. The van der Waals surface area contributed by atoms with Crippen molar-refractivity contribution in [2.24, 2.45) is 0 Å². The maximum absolute atomic E-state index is 14.3. The van der Waals surface area contributed by atoms with Crippen LogP contribution in [0.4, 0.5) is 8.78 Å². The van der Waals surface area contributed by atoms with Crippen LogP contribution in [0.1, 0.15) is 24.5 Å². The highest BCUT2D eigenvalue weighted by Gasteiger charge is 2.08. The van der Waals surface area contributed by atoms with Crippen molar-refractivity contribution in [3.05, 3.63) is 89.5 Å².